The summed E-state index contributed by atoms with van der Waals surface area (Å²) in [6, 6.07) is 5.69. The third-order valence-corrected chi connectivity index (χ3v) is 5.07. The molecule has 0 heterocycles. The molecule has 0 fully saturated rings. The molecule has 0 spiro atoms. The molecule has 0 aliphatic carbocycles. The predicted molar refractivity (Wildman–Crippen MR) is 86.0 cm³/mol. The van der Waals surface area contributed by atoms with Gasteiger partial charge in [-0.15, -0.1) is 0 Å². The van der Waals surface area contributed by atoms with E-state index in [0.29, 0.717) is 6.42 Å². The summed E-state index contributed by atoms with van der Waals surface area (Å²) in [6.45, 7) is 3.64. The summed E-state index contributed by atoms with van der Waals surface area (Å²) in [5.41, 5.74) is 0.778. The molecule has 3 N–H and O–H groups in total. The van der Waals surface area contributed by atoms with Gasteiger partial charge in [-0.3, -0.25) is 4.79 Å². The van der Waals surface area contributed by atoms with Crippen molar-refractivity contribution >= 4 is 21.8 Å². The number of carbonyl (C=O) groups excluding carboxylic acids is 1. The van der Waals surface area contributed by atoms with Gasteiger partial charge in [0.2, 0.25) is 0 Å². The van der Waals surface area contributed by atoms with Crippen LogP contribution in [0.2, 0.25) is 0 Å². The van der Waals surface area contributed by atoms with Gasteiger partial charge in [-0.25, -0.2) is 13.2 Å². The SMILES string of the molecule is CCS(=O)(=O)c1ccc(C(C)NC(=O)NCCCC(=O)O)cc1. The third kappa shape index (κ3) is 6.27. The van der Waals surface area contributed by atoms with Gasteiger partial charge in [-0.1, -0.05) is 19.1 Å². The molecule has 0 saturated carbocycles. The fourth-order valence-electron chi connectivity index (χ4n) is 1.90. The lowest BCUT2D eigenvalue weighted by Crippen LogP contribution is -2.37. The van der Waals surface area contributed by atoms with Crippen LogP contribution in [0.15, 0.2) is 29.2 Å². The van der Waals surface area contributed by atoms with Gasteiger partial charge in [0.1, 0.15) is 0 Å². The van der Waals surface area contributed by atoms with E-state index in [2.05, 4.69) is 10.6 Å². The number of carboxylic acids is 1. The second-order valence-corrected chi connectivity index (χ2v) is 7.37. The maximum absolute atomic E-state index is 11.7. The summed E-state index contributed by atoms with van der Waals surface area (Å²) < 4.78 is 23.5. The number of amides is 2. The van der Waals surface area contributed by atoms with Crippen molar-refractivity contribution in [3.05, 3.63) is 29.8 Å². The number of sulfone groups is 1. The largest absolute Gasteiger partial charge is 0.481 e. The van der Waals surface area contributed by atoms with E-state index >= 15 is 0 Å². The molecular formula is C15H22N2O5S. The molecule has 0 bridgehead atoms. The molecule has 128 valence electrons. The minimum absolute atomic E-state index is 0.00317. The molecule has 0 radical (unpaired) electrons. The van der Waals surface area contributed by atoms with Gasteiger partial charge < -0.3 is 15.7 Å². The van der Waals surface area contributed by atoms with Gasteiger partial charge in [-0.2, -0.15) is 0 Å². The van der Waals surface area contributed by atoms with E-state index in [1.54, 1.807) is 26.0 Å². The lowest BCUT2D eigenvalue weighted by Gasteiger charge is -2.15. The first kappa shape index (κ1) is 19.0. The Bertz CT molecular complexity index is 640. The summed E-state index contributed by atoms with van der Waals surface area (Å²) in [5, 5.41) is 13.8. The van der Waals surface area contributed by atoms with E-state index in [9.17, 15) is 18.0 Å². The molecule has 1 rings (SSSR count). The number of hydrogen-bond acceptors (Lipinski definition) is 4. The molecule has 1 atom stereocenters. The summed E-state index contributed by atoms with van der Waals surface area (Å²) in [5.74, 6) is -0.860. The summed E-state index contributed by atoms with van der Waals surface area (Å²) >= 11 is 0. The van der Waals surface area contributed by atoms with E-state index in [-0.39, 0.29) is 29.7 Å². The van der Waals surface area contributed by atoms with Crippen LogP contribution in [0.5, 0.6) is 0 Å². The topological polar surface area (TPSA) is 113 Å². The van der Waals surface area contributed by atoms with Gasteiger partial charge in [0.05, 0.1) is 16.7 Å². The predicted octanol–water partition coefficient (Wildman–Crippen LogP) is 1.71. The number of carbonyl (C=O) groups is 2. The second-order valence-electron chi connectivity index (χ2n) is 5.09. The fourth-order valence-corrected chi connectivity index (χ4v) is 2.79. The van der Waals surface area contributed by atoms with Crippen molar-refractivity contribution in [2.24, 2.45) is 0 Å². The van der Waals surface area contributed by atoms with Crippen molar-refractivity contribution in [2.45, 2.75) is 37.6 Å². The molecule has 1 aromatic rings. The summed E-state index contributed by atoms with van der Waals surface area (Å²) in [4.78, 5) is 22.3. The van der Waals surface area contributed by atoms with Gasteiger partial charge in [0.25, 0.3) is 0 Å². The average Bonchev–Trinajstić information content (AvgIpc) is 2.51. The molecule has 1 aromatic carbocycles. The molecule has 0 aliphatic heterocycles. The zero-order chi connectivity index (χ0) is 17.5. The van der Waals surface area contributed by atoms with E-state index in [4.69, 9.17) is 5.11 Å². The first-order valence-electron chi connectivity index (χ1n) is 7.35. The Balaban J connectivity index is 2.53. The van der Waals surface area contributed by atoms with Crippen LogP contribution in [0.25, 0.3) is 0 Å². The Hall–Kier alpha value is -2.09. The van der Waals surface area contributed by atoms with Gasteiger partial charge in [0, 0.05) is 13.0 Å². The van der Waals surface area contributed by atoms with Crippen LogP contribution in [0.1, 0.15) is 38.3 Å². The Labute approximate surface area is 136 Å². The Morgan fingerprint density at radius 3 is 2.35 bits per heavy atom. The molecule has 0 saturated heterocycles. The van der Waals surface area contributed by atoms with Crippen LogP contribution in [0, 0.1) is 0 Å². The number of benzene rings is 1. The van der Waals surface area contributed by atoms with Gasteiger partial charge in [0.15, 0.2) is 9.84 Å². The average molecular weight is 342 g/mol. The first-order chi connectivity index (χ1) is 10.8. The van der Waals surface area contributed by atoms with E-state index in [1.165, 1.54) is 12.1 Å². The van der Waals surface area contributed by atoms with Crippen molar-refractivity contribution in [3.63, 3.8) is 0 Å². The van der Waals surface area contributed by atoms with E-state index in [0.717, 1.165) is 5.56 Å². The standard InChI is InChI=1S/C15H22N2O5S/c1-3-23(21,22)13-8-6-12(7-9-13)11(2)17-15(20)16-10-4-5-14(18)19/h6-9,11H,3-5,10H2,1-2H3,(H,18,19)(H2,16,17,20). The van der Waals surface area contributed by atoms with Gasteiger partial charge in [-0.05, 0) is 31.0 Å². The van der Waals surface area contributed by atoms with Crippen molar-refractivity contribution in [2.75, 3.05) is 12.3 Å². The molecule has 2 amide bonds. The Morgan fingerprint density at radius 2 is 1.83 bits per heavy atom. The van der Waals surface area contributed by atoms with E-state index < -0.39 is 21.8 Å². The van der Waals surface area contributed by atoms with Crippen LogP contribution in [0.4, 0.5) is 4.79 Å². The van der Waals surface area contributed by atoms with Crippen LogP contribution in [-0.4, -0.2) is 37.8 Å². The fraction of sp³-hybridized carbons (Fsp3) is 0.467. The van der Waals surface area contributed by atoms with Gasteiger partial charge >= 0.3 is 12.0 Å². The van der Waals surface area contributed by atoms with Crippen LogP contribution in [-0.2, 0) is 14.6 Å². The molecule has 23 heavy (non-hydrogen) atoms. The van der Waals surface area contributed by atoms with Crippen LogP contribution >= 0.6 is 0 Å². The van der Waals surface area contributed by atoms with Crippen LogP contribution in [0.3, 0.4) is 0 Å². The zero-order valence-electron chi connectivity index (χ0n) is 13.2. The summed E-state index contributed by atoms with van der Waals surface area (Å²) in [6.07, 6.45) is 0.365. The minimum atomic E-state index is -3.23. The second kappa shape index (κ2) is 8.52. The molecular weight excluding hydrogens is 320 g/mol. The summed E-state index contributed by atoms with van der Waals surface area (Å²) in [7, 11) is -3.23. The first-order valence-corrected chi connectivity index (χ1v) is 9.00. The number of rotatable bonds is 8. The van der Waals surface area contributed by atoms with E-state index in [1.807, 2.05) is 0 Å². The lowest BCUT2D eigenvalue weighted by atomic mass is 10.1. The third-order valence-electron chi connectivity index (χ3n) is 3.32. The van der Waals surface area contributed by atoms with Crippen molar-refractivity contribution in [3.8, 4) is 0 Å². The van der Waals surface area contributed by atoms with Crippen molar-refractivity contribution in [1.82, 2.24) is 10.6 Å². The highest BCUT2D eigenvalue weighted by atomic mass is 32.2. The zero-order valence-corrected chi connectivity index (χ0v) is 14.0. The Kier molecular flexibility index (Phi) is 7.02. The van der Waals surface area contributed by atoms with Crippen LogP contribution < -0.4 is 10.6 Å². The molecule has 8 heteroatoms. The number of aliphatic carboxylic acids is 1. The van der Waals surface area contributed by atoms with Crippen molar-refractivity contribution < 1.29 is 23.1 Å². The highest BCUT2D eigenvalue weighted by Gasteiger charge is 2.13. The number of carboxylic acid groups (broad SMARTS) is 1. The Morgan fingerprint density at radius 1 is 1.22 bits per heavy atom. The minimum Gasteiger partial charge on any atom is -0.481 e. The lowest BCUT2D eigenvalue weighted by molar-refractivity contribution is -0.137. The number of nitrogens with one attached hydrogen (secondary N) is 2. The molecule has 0 aliphatic rings. The van der Waals surface area contributed by atoms with Crippen molar-refractivity contribution in [1.29, 1.82) is 0 Å². The monoisotopic (exact) mass is 342 g/mol. The molecule has 0 aromatic heterocycles. The number of hydrogen-bond donors (Lipinski definition) is 3. The number of urea groups is 1. The highest BCUT2D eigenvalue weighted by Crippen LogP contribution is 2.17. The highest BCUT2D eigenvalue weighted by molar-refractivity contribution is 7.91. The smallest absolute Gasteiger partial charge is 0.315 e. The quantitative estimate of drug-likeness (QED) is 0.623. The maximum atomic E-state index is 11.7. The normalized spacial score (nSPS) is 12.4. The maximum Gasteiger partial charge on any atom is 0.315 e. The molecule has 1 unspecified atom stereocenters. The molecule has 7 nitrogen and oxygen atoms in total.